The molecular formula is C21H21N3O3. The number of hydrogen-bond acceptors (Lipinski definition) is 5. The molecule has 3 N–H and O–H groups in total. The minimum atomic E-state index is -0.742. The van der Waals surface area contributed by atoms with E-state index in [4.69, 9.17) is 10.2 Å². The molecule has 0 fully saturated rings. The minimum Gasteiger partial charge on any atom is -0.421 e. The largest absolute Gasteiger partial charge is 0.421 e. The molecule has 6 nitrogen and oxygen atoms in total. The molecule has 0 radical (unpaired) electrons. The van der Waals surface area contributed by atoms with Crippen molar-refractivity contribution in [2.75, 3.05) is 11.9 Å². The summed E-state index contributed by atoms with van der Waals surface area (Å²) in [6, 6.07) is 15.6. The van der Waals surface area contributed by atoms with E-state index in [-0.39, 0.29) is 0 Å². The number of carbonyl (C=O) groups excluding carboxylic acids is 1. The fraction of sp³-hybridized carbons (Fsp3) is 0.238. The van der Waals surface area contributed by atoms with E-state index in [1.807, 2.05) is 60.5 Å². The van der Waals surface area contributed by atoms with E-state index >= 15 is 0 Å². The number of rotatable bonds is 5. The van der Waals surface area contributed by atoms with Gasteiger partial charge in [-0.05, 0) is 35.2 Å². The minimum absolute atomic E-state index is 0.460. The van der Waals surface area contributed by atoms with Crippen LogP contribution in [0.5, 0.6) is 0 Å². The number of benzene rings is 2. The van der Waals surface area contributed by atoms with Crippen molar-refractivity contribution in [2.45, 2.75) is 25.0 Å². The fourth-order valence-electron chi connectivity index (χ4n) is 3.62. The Hall–Kier alpha value is -3.12. The molecule has 2 atom stereocenters. The van der Waals surface area contributed by atoms with Gasteiger partial charge in [-0.15, -0.1) is 0 Å². The van der Waals surface area contributed by atoms with Crippen LogP contribution in [0.4, 0.5) is 5.88 Å². The van der Waals surface area contributed by atoms with E-state index < -0.39 is 17.9 Å². The van der Waals surface area contributed by atoms with E-state index in [2.05, 4.69) is 4.98 Å². The van der Waals surface area contributed by atoms with E-state index in [0.29, 0.717) is 24.7 Å². The normalized spacial score (nSPS) is 18.3. The number of aliphatic hydroxyl groups is 1. The van der Waals surface area contributed by atoms with Crippen LogP contribution in [0.15, 0.2) is 59.1 Å². The highest BCUT2D eigenvalue weighted by Gasteiger charge is 2.35. The van der Waals surface area contributed by atoms with Gasteiger partial charge in [0.2, 0.25) is 17.7 Å². The van der Waals surface area contributed by atoms with Crippen LogP contribution in [0.25, 0.3) is 11.5 Å². The monoisotopic (exact) mass is 363 g/mol. The number of primary amides is 1. The fourth-order valence-corrected chi connectivity index (χ4v) is 3.62. The van der Waals surface area contributed by atoms with Crippen LogP contribution in [0.3, 0.4) is 0 Å². The second-order valence-electron chi connectivity index (χ2n) is 6.91. The molecule has 1 aliphatic rings. The number of carbonyl (C=O) groups is 1. The number of hydrogen-bond donors (Lipinski definition) is 2. The van der Waals surface area contributed by atoms with Crippen LogP contribution in [0.2, 0.25) is 0 Å². The van der Waals surface area contributed by atoms with Gasteiger partial charge in [0.15, 0.2) is 0 Å². The summed E-state index contributed by atoms with van der Waals surface area (Å²) in [5.74, 6) is 0.0962. The molecule has 0 saturated heterocycles. The second-order valence-corrected chi connectivity index (χ2v) is 6.91. The molecule has 4 rings (SSSR count). The summed E-state index contributed by atoms with van der Waals surface area (Å²) in [4.78, 5) is 18.0. The average molecular weight is 363 g/mol. The molecule has 0 spiro atoms. The van der Waals surface area contributed by atoms with Gasteiger partial charge in [-0.3, -0.25) is 4.79 Å². The van der Waals surface area contributed by atoms with Gasteiger partial charge in [-0.1, -0.05) is 36.4 Å². The average Bonchev–Trinajstić information content (AvgIpc) is 3.26. The highest BCUT2D eigenvalue weighted by atomic mass is 16.4. The highest BCUT2D eigenvalue weighted by Crippen LogP contribution is 2.34. The Morgan fingerprint density at radius 2 is 2.07 bits per heavy atom. The standard InChI is InChI=1S/C21H21N3O3/c1-24(18-11-23-21(27-18)14-5-3-2-4-6-14)12-13-7-8-15-10-17(25)19(20(22)26)16(15)9-13/h2-9,11,17,19,25H,10,12H2,1H3,(H2,22,26)/t17-,19-/m1/s1. The quantitative estimate of drug-likeness (QED) is 0.726. The molecule has 138 valence electrons. The lowest BCUT2D eigenvalue weighted by Gasteiger charge is -2.17. The summed E-state index contributed by atoms with van der Waals surface area (Å²) in [6.45, 7) is 0.582. The van der Waals surface area contributed by atoms with Crippen molar-refractivity contribution in [3.8, 4) is 11.5 Å². The summed E-state index contributed by atoms with van der Waals surface area (Å²) in [5.41, 5.74) is 9.20. The maximum Gasteiger partial charge on any atom is 0.228 e. The maximum absolute atomic E-state index is 11.7. The third-order valence-corrected chi connectivity index (χ3v) is 4.98. The van der Waals surface area contributed by atoms with Crippen LogP contribution < -0.4 is 10.6 Å². The third kappa shape index (κ3) is 3.31. The first-order valence-electron chi connectivity index (χ1n) is 8.84. The van der Waals surface area contributed by atoms with Crippen molar-refractivity contribution in [3.63, 3.8) is 0 Å². The van der Waals surface area contributed by atoms with Gasteiger partial charge in [-0.2, -0.15) is 0 Å². The van der Waals surface area contributed by atoms with Gasteiger partial charge in [0, 0.05) is 19.2 Å². The molecule has 1 aromatic heterocycles. The Bertz CT molecular complexity index is 968. The van der Waals surface area contributed by atoms with Crippen LogP contribution in [0.1, 0.15) is 22.6 Å². The third-order valence-electron chi connectivity index (χ3n) is 4.98. The summed E-state index contributed by atoms with van der Waals surface area (Å²) in [7, 11) is 1.92. The zero-order chi connectivity index (χ0) is 19.0. The number of nitrogens with zero attached hydrogens (tertiary/aromatic N) is 2. The maximum atomic E-state index is 11.7. The van der Waals surface area contributed by atoms with Crippen molar-refractivity contribution >= 4 is 11.8 Å². The smallest absolute Gasteiger partial charge is 0.228 e. The Morgan fingerprint density at radius 1 is 1.30 bits per heavy atom. The first-order valence-corrected chi connectivity index (χ1v) is 8.84. The molecule has 3 aromatic rings. The summed E-state index contributed by atoms with van der Waals surface area (Å²) in [6.07, 6.45) is 1.42. The molecule has 0 bridgehead atoms. The molecule has 0 saturated carbocycles. The second kappa shape index (κ2) is 6.89. The molecule has 0 unspecified atom stereocenters. The number of anilines is 1. The molecule has 6 heteroatoms. The molecule has 1 amide bonds. The highest BCUT2D eigenvalue weighted by molar-refractivity contribution is 5.84. The number of aliphatic hydroxyl groups excluding tert-OH is 1. The zero-order valence-corrected chi connectivity index (χ0v) is 15.0. The molecule has 2 aromatic carbocycles. The molecule has 1 aliphatic carbocycles. The number of oxazole rings is 1. The Balaban J connectivity index is 1.54. The van der Waals surface area contributed by atoms with Crippen LogP contribution >= 0.6 is 0 Å². The van der Waals surface area contributed by atoms with E-state index in [0.717, 1.165) is 22.3 Å². The zero-order valence-electron chi connectivity index (χ0n) is 15.0. The lowest BCUT2D eigenvalue weighted by molar-refractivity contribution is -0.121. The lowest BCUT2D eigenvalue weighted by atomic mass is 9.97. The molecular weight excluding hydrogens is 342 g/mol. The molecule has 0 aliphatic heterocycles. The van der Waals surface area contributed by atoms with Crippen LogP contribution in [-0.4, -0.2) is 29.1 Å². The predicted molar refractivity (Wildman–Crippen MR) is 102 cm³/mol. The molecule has 1 heterocycles. The van der Waals surface area contributed by atoms with Gasteiger partial charge in [0.05, 0.1) is 18.2 Å². The van der Waals surface area contributed by atoms with E-state index in [1.165, 1.54) is 0 Å². The Kier molecular flexibility index (Phi) is 4.41. The van der Waals surface area contributed by atoms with Crippen molar-refractivity contribution < 1.29 is 14.3 Å². The van der Waals surface area contributed by atoms with Gasteiger partial charge < -0.3 is 20.2 Å². The number of fused-ring (bicyclic) bond motifs is 1. The number of aromatic nitrogens is 1. The van der Waals surface area contributed by atoms with Crippen molar-refractivity contribution in [3.05, 3.63) is 71.4 Å². The van der Waals surface area contributed by atoms with Crippen molar-refractivity contribution in [2.24, 2.45) is 5.73 Å². The van der Waals surface area contributed by atoms with E-state index in [1.54, 1.807) is 6.20 Å². The van der Waals surface area contributed by atoms with Crippen LogP contribution in [0, 0.1) is 0 Å². The topological polar surface area (TPSA) is 92.6 Å². The SMILES string of the molecule is CN(Cc1ccc2c(c1)[C@@H](C(N)=O)[C@H](O)C2)c1cnc(-c2ccccc2)o1. The lowest BCUT2D eigenvalue weighted by Crippen LogP contribution is -2.28. The van der Waals surface area contributed by atoms with Gasteiger partial charge in [0.25, 0.3) is 0 Å². The van der Waals surface area contributed by atoms with Gasteiger partial charge >= 0.3 is 0 Å². The Labute approximate surface area is 157 Å². The number of nitrogens with two attached hydrogens (primary N) is 1. The number of amides is 1. The Morgan fingerprint density at radius 3 is 2.81 bits per heavy atom. The summed E-state index contributed by atoms with van der Waals surface area (Å²) < 4.78 is 5.87. The van der Waals surface area contributed by atoms with Gasteiger partial charge in [-0.25, -0.2) is 4.98 Å². The molecule has 27 heavy (non-hydrogen) atoms. The van der Waals surface area contributed by atoms with Crippen molar-refractivity contribution in [1.29, 1.82) is 0 Å². The predicted octanol–water partition coefficient (Wildman–Crippen LogP) is 2.46. The van der Waals surface area contributed by atoms with Gasteiger partial charge in [0.1, 0.15) is 0 Å². The summed E-state index contributed by atoms with van der Waals surface area (Å²) in [5, 5.41) is 10.1. The summed E-state index contributed by atoms with van der Waals surface area (Å²) >= 11 is 0. The first-order chi connectivity index (χ1) is 13.0. The van der Waals surface area contributed by atoms with Crippen molar-refractivity contribution in [1.82, 2.24) is 4.98 Å². The van der Waals surface area contributed by atoms with E-state index in [9.17, 15) is 9.90 Å². The van der Waals surface area contributed by atoms with Crippen LogP contribution in [-0.2, 0) is 17.8 Å². The first kappa shape index (κ1) is 17.3.